The number of carbonyl (C=O) groups is 1. The summed E-state index contributed by atoms with van der Waals surface area (Å²) in [5, 5.41) is 16.2. The number of aliphatic hydroxyl groups is 1. The van der Waals surface area contributed by atoms with Gasteiger partial charge in [-0.1, -0.05) is 22.8 Å². The number of pyridine rings is 1. The second-order valence-electron chi connectivity index (χ2n) is 4.41. The Bertz CT molecular complexity index is 667. The summed E-state index contributed by atoms with van der Waals surface area (Å²) in [5.74, 6) is 0.267. The first-order chi connectivity index (χ1) is 10.0. The summed E-state index contributed by atoms with van der Waals surface area (Å²) in [5.41, 5.74) is 0.0462. The SMILES string of the molecule is O=C(CCc1cc(Cl)no1)NCC(O)c1cccc(=O)[nH]1. The van der Waals surface area contributed by atoms with Crippen LogP contribution in [-0.4, -0.2) is 27.7 Å². The minimum Gasteiger partial charge on any atom is -0.385 e. The molecule has 0 aliphatic heterocycles. The van der Waals surface area contributed by atoms with E-state index in [2.05, 4.69) is 15.5 Å². The van der Waals surface area contributed by atoms with Crippen molar-refractivity contribution in [2.45, 2.75) is 18.9 Å². The number of H-pyrrole nitrogens is 1. The van der Waals surface area contributed by atoms with Crippen LogP contribution in [0.15, 0.2) is 33.6 Å². The lowest BCUT2D eigenvalue weighted by Crippen LogP contribution is -2.29. The highest BCUT2D eigenvalue weighted by Gasteiger charge is 2.11. The molecule has 2 rings (SSSR count). The molecule has 2 heterocycles. The van der Waals surface area contributed by atoms with Crippen LogP contribution in [0.4, 0.5) is 0 Å². The molecule has 0 saturated heterocycles. The molecule has 0 aliphatic carbocycles. The molecular formula is C13H14ClN3O4. The van der Waals surface area contributed by atoms with Gasteiger partial charge < -0.3 is 19.9 Å². The molecule has 0 spiro atoms. The number of carbonyl (C=O) groups excluding carboxylic acids is 1. The topological polar surface area (TPSA) is 108 Å². The molecule has 3 N–H and O–H groups in total. The summed E-state index contributed by atoms with van der Waals surface area (Å²) < 4.78 is 4.87. The maximum absolute atomic E-state index is 11.6. The third kappa shape index (κ3) is 4.73. The Morgan fingerprint density at radius 2 is 2.33 bits per heavy atom. The summed E-state index contributed by atoms with van der Waals surface area (Å²) in [6, 6.07) is 6.00. The Hall–Kier alpha value is -2.12. The van der Waals surface area contributed by atoms with E-state index < -0.39 is 6.10 Å². The molecule has 2 aromatic rings. The minimum absolute atomic E-state index is 0.00987. The molecule has 1 atom stereocenters. The molecule has 0 radical (unpaired) electrons. The number of aryl methyl sites for hydroxylation is 1. The third-order valence-electron chi connectivity index (χ3n) is 2.77. The van der Waals surface area contributed by atoms with E-state index in [1.165, 1.54) is 12.1 Å². The van der Waals surface area contributed by atoms with Crippen LogP contribution >= 0.6 is 11.6 Å². The van der Waals surface area contributed by atoms with Gasteiger partial charge in [-0.15, -0.1) is 0 Å². The van der Waals surface area contributed by atoms with Gasteiger partial charge in [-0.2, -0.15) is 0 Å². The van der Waals surface area contributed by atoms with Crippen LogP contribution in [-0.2, 0) is 11.2 Å². The number of aromatic amines is 1. The Kier molecular flexibility index (Phi) is 5.13. The fourth-order valence-electron chi connectivity index (χ4n) is 1.71. The van der Waals surface area contributed by atoms with Gasteiger partial charge >= 0.3 is 0 Å². The van der Waals surface area contributed by atoms with E-state index in [0.29, 0.717) is 17.9 Å². The molecule has 2 aromatic heterocycles. The predicted octanol–water partition coefficient (Wildman–Crippen LogP) is 0.799. The van der Waals surface area contributed by atoms with Crippen LogP contribution in [0.25, 0.3) is 0 Å². The maximum atomic E-state index is 11.6. The molecule has 7 nitrogen and oxygen atoms in total. The number of aliphatic hydroxyl groups excluding tert-OH is 1. The van der Waals surface area contributed by atoms with Crippen molar-refractivity contribution in [1.82, 2.24) is 15.5 Å². The first kappa shape index (κ1) is 15.3. The zero-order chi connectivity index (χ0) is 15.2. The highest BCUT2D eigenvalue weighted by Crippen LogP contribution is 2.10. The zero-order valence-electron chi connectivity index (χ0n) is 11.0. The summed E-state index contributed by atoms with van der Waals surface area (Å²) in [7, 11) is 0. The van der Waals surface area contributed by atoms with Crippen LogP contribution in [0.2, 0.25) is 5.15 Å². The van der Waals surface area contributed by atoms with Crippen LogP contribution in [0.1, 0.15) is 24.0 Å². The number of hydrogen-bond donors (Lipinski definition) is 3. The van der Waals surface area contributed by atoms with Gasteiger partial charge in [0.1, 0.15) is 11.9 Å². The normalized spacial score (nSPS) is 12.1. The van der Waals surface area contributed by atoms with Gasteiger partial charge in [0, 0.05) is 37.2 Å². The summed E-state index contributed by atoms with van der Waals surface area (Å²) in [6.07, 6.45) is -0.421. The predicted molar refractivity (Wildman–Crippen MR) is 74.9 cm³/mol. The minimum atomic E-state index is -0.970. The van der Waals surface area contributed by atoms with Crippen molar-refractivity contribution in [1.29, 1.82) is 0 Å². The van der Waals surface area contributed by atoms with Crippen molar-refractivity contribution in [3.63, 3.8) is 0 Å². The fraction of sp³-hybridized carbons (Fsp3) is 0.308. The Morgan fingerprint density at radius 3 is 3.00 bits per heavy atom. The zero-order valence-corrected chi connectivity index (χ0v) is 11.8. The molecule has 21 heavy (non-hydrogen) atoms. The number of amides is 1. The van der Waals surface area contributed by atoms with Gasteiger partial charge in [0.25, 0.3) is 0 Å². The van der Waals surface area contributed by atoms with E-state index in [4.69, 9.17) is 16.1 Å². The molecule has 0 aromatic carbocycles. The average molecular weight is 312 g/mol. The third-order valence-corrected chi connectivity index (χ3v) is 2.95. The van der Waals surface area contributed by atoms with Gasteiger partial charge in [-0.3, -0.25) is 9.59 Å². The molecule has 0 aliphatic rings. The average Bonchev–Trinajstić information content (AvgIpc) is 2.88. The van der Waals surface area contributed by atoms with Gasteiger partial charge in [-0.25, -0.2) is 0 Å². The highest BCUT2D eigenvalue weighted by atomic mass is 35.5. The van der Waals surface area contributed by atoms with Gasteiger partial charge in [0.15, 0.2) is 5.15 Å². The maximum Gasteiger partial charge on any atom is 0.248 e. The molecule has 112 valence electrons. The summed E-state index contributed by atoms with van der Waals surface area (Å²) >= 11 is 5.59. The number of aromatic nitrogens is 2. The second kappa shape index (κ2) is 7.05. The van der Waals surface area contributed by atoms with Gasteiger partial charge in [-0.05, 0) is 6.07 Å². The molecule has 1 unspecified atom stereocenters. The Balaban J connectivity index is 1.77. The van der Waals surface area contributed by atoms with Gasteiger partial charge in [0.2, 0.25) is 11.5 Å². The van der Waals surface area contributed by atoms with Crippen molar-refractivity contribution >= 4 is 17.5 Å². The molecular weight excluding hydrogens is 298 g/mol. The first-order valence-electron chi connectivity index (χ1n) is 6.29. The lowest BCUT2D eigenvalue weighted by Gasteiger charge is -2.11. The molecule has 1 amide bonds. The monoisotopic (exact) mass is 311 g/mol. The van der Waals surface area contributed by atoms with Crippen molar-refractivity contribution in [2.75, 3.05) is 6.54 Å². The standard InChI is InChI=1S/C13H14ClN3O4/c14-11-6-8(21-17-11)4-5-12(19)15-7-10(18)9-2-1-3-13(20)16-9/h1-3,6,10,18H,4-5,7H2,(H,15,19)(H,16,20). The van der Waals surface area contributed by atoms with E-state index in [9.17, 15) is 14.7 Å². The number of halogens is 1. The molecule has 0 fully saturated rings. The molecule has 8 heteroatoms. The van der Waals surface area contributed by atoms with Crippen molar-refractivity contribution in [2.24, 2.45) is 0 Å². The summed E-state index contributed by atoms with van der Waals surface area (Å²) in [6.45, 7) is 0.00987. The number of nitrogens with zero attached hydrogens (tertiary/aromatic N) is 1. The number of nitrogens with one attached hydrogen (secondary N) is 2. The number of rotatable bonds is 6. The summed E-state index contributed by atoms with van der Waals surface area (Å²) in [4.78, 5) is 25.2. The van der Waals surface area contributed by atoms with E-state index in [0.717, 1.165) is 0 Å². The largest absolute Gasteiger partial charge is 0.385 e. The van der Waals surface area contributed by atoms with Crippen LogP contribution in [0, 0.1) is 0 Å². The lowest BCUT2D eigenvalue weighted by atomic mass is 10.2. The van der Waals surface area contributed by atoms with Crippen molar-refractivity contribution in [3.8, 4) is 0 Å². The first-order valence-corrected chi connectivity index (χ1v) is 6.67. The van der Waals surface area contributed by atoms with Crippen LogP contribution in [0.5, 0.6) is 0 Å². The number of hydrogen-bond acceptors (Lipinski definition) is 5. The lowest BCUT2D eigenvalue weighted by molar-refractivity contribution is -0.121. The highest BCUT2D eigenvalue weighted by molar-refractivity contribution is 6.29. The van der Waals surface area contributed by atoms with Crippen molar-refractivity contribution < 1.29 is 14.4 Å². The Morgan fingerprint density at radius 1 is 1.52 bits per heavy atom. The second-order valence-corrected chi connectivity index (χ2v) is 4.79. The van der Waals surface area contributed by atoms with Crippen LogP contribution in [0.3, 0.4) is 0 Å². The fourth-order valence-corrected chi connectivity index (χ4v) is 1.87. The molecule has 0 bridgehead atoms. The van der Waals surface area contributed by atoms with E-state index in [1.54, 1.807) is 12.1 Å². The van der Waals surface area contributed by atoms with E-state index in [1.807, 2.05) is 0 Å². The van der Waals surface area contributed by atoms with Crippen LogP contribution < -0.4 is 10.9 Å². The van der Waals surface area contributed by atoms with Crippen molar-refractivity contribution in [3.05, 3.63) is 51.2 Å². The van der Waals surface area contributed by atoms with Gasteiger partial charge in [0.05, 0.1) is 0 Å². The van der Waals surface area contributed by atoms with E-state index in [-0.39, 0.29) is 29.6 Å². The Labute approximate surface area is 124 Å². The van der Waals surface area contributed by atoms with E-state index >= 15 is 0 Å². The smallest absolute Gasteiger partial charge is 0.248 e. The quantitative estimate of drug-likeness (QED) is 0.731. The molecule has 0 saturated carbocycles.